The molecule has 350 valence electrons. The van der Waals surface area contributed by atoms with E-state index >= 15 is 0 Å². The van der Waals surface area contributed by atoms with E-state index in [1.165, 1.54) is 0 Å². The molecule has 0 aliphatic rings. The van der Waals surface area contributed by atoms with E-state index in [-0.39, 0.29) is 0 Å². The summed E-state index contributed by atoms with van der Waals surface area (Å²) >= 11 is 0. The second-order valence-corrected chi connectivity index (χ2v) is 18.4. The van der Waals surface area contributed by atoms with Crippen molar-refractivity contribution in [1.82, 2.24) is 29.1 Å². The molecule has 0 aliphatic carbocycles. The fourth-order valence-corrected chi connectivity index (χ4v) is 10.2. The molecule has 0 amide bonds. The lowest BCUT2D eigenvalue weighted by Gasteiger charge is -2.14. The van der Waals surface area contributed by atoms with Crippen LogP contribution in [0.4, 0.5) is 0 Å². The van der Waals surface area contributed by atoms with Crippen LogP contribution < -0.4 is 0 Å². The first-order valence-electron chi connectivity index (χ1n) is 24.4. The van der Waals surface area contributed by atoms with Gasteiger partial charge in [-0.3, -0.25) is 0 Å². The number of rotatable bonds is 8. The zero-order valence-corrected chi connectivity index (χ0v) is 40.3. The minimum atomic E-state index is 0.540. The molecule has 0 fully saturated rings. The molecule has 0 bridgehead atoms. The lowest BCUT2D eigenvalue weighted by Crippen LogP contribution is -2.00. The van der Waals surface area contributed by atoms with Crippen molar-refractivity contribution in [3.63, 3.8) is 0 Å². The van der Waals surface area contributed by atoms with Crippen LogP contribution in [0.15, 0.2) is 218 Å². The van der Waals surface area contributed by atoms with Crippen molar-refractivity contribution in [2.75, 3.05) is 0 Å². The first-order chi connectivity index (χ1) is 37.4. The molecule has 0 unspecified atom stereocenters. The topological polar surface area (TPSA) is 157 Å². The third kappa shape index (κ3) is 7.82. The number of nitrogens with zero attached hydrogens (tertiary/aromatic N) is 10. The average Bonchev–Trinajstić information content (AvgIpc) is 4.05. The summed E-state index contributed by atoms with van der Waals surface area (Å²) in [5.74, 6) is 1.69. The van der Waals surface area contributed by atoms with Crippen LogP contribution in [0.5, 0.6) is 0 Å². The maximum absolute atomic E-state index is 9.90. The molecule has 13 rings (SSSR count). The van der Waals surface area contributed by atoms with Crippen molar-refractivity contribution < 1.29 is 0 Å². The number of aromatic nitrogens is 6. The van der Waals surface area contributed by atoms with Gasteiger partial charge < -0.3 is 9.13 Å². The number of benzene rings is 9. The molecule has 76 heavy (non-hydrogen) atoms. The van der Waals surface area contributed by atoms with Crippen LogP contribution in [0.3, 0.4) is 0 Å². The van der Waals surface area contributed by atoms with E-state index in [0.717, 1.165) is 105 Å². The molecule has 4 aromatic heterocycles. The predicted octanol–water partition coefficient (Wildman–Crippen LogP) is 14.9. The number of pyridine rings is 1. The molecule has 13 aromatic rings. The third-order valence-corrected chi connectivity index (χ3v) is 13.9. The van der Waals surface area contributed by atoms with Gasteiger partial charge in [0.15, 0.2) is 17.5 Å². The summed E-state index contributed by atoms with van der Waals surface area (Å²) in [5.41, 5.74) is 15.0. The van der Waals surface area contributed by atoms with Crippen molar-refractivity contribution >= 4 is 43.6 Å². The molecular formula is C66H36N10. The second kappa shape index (κ2) is 18.4. The van der Waals surface area contributed by atoms with Crippen molar-refractivity contribution in [2.24, 2.45) is 0 Å². The Hall–Kier alpha value is -11.3. The number of hydrogen-bond donors (Lipinski definition) is 0. The number of hydrogen-bond acceptors (Lipinski definition) is 8. The summed E-state index contributed by atoms with van der Waals surface area (Å²) in [6, 6.07) is 80.6. The van der Waals surface area contributed by atoms with Crippen LogP contribution in [0.1, 0.15) is 22.3 Å². The lowest BCUT2D eigenvalue weighted by atomic mass is 9.98. The highest BCUT2D eigenvalue weighted by Gasteiger charge is 2.19. The SMILES string of the molecule is N#Cc1ccc2c3ccc(C#N)cc3n(-c3ccc(-c4cc(-c5cccc(-c6nc(-c7ccccc7)nc(-c7ccccc7)n6)c5)cc(-c5ccc(-n6c7cc(C#N)ccc7c7ccc(C#N)cc76)cc5)n4)cc3)c2c1. The van der Waals surface area contributed by atoms with Gasteiger partial charge in [-0.1, -0.05) is 127 Å². The standard InChI is InChI=1S/C66H36N10/c67-37-41-14-26-54-55-27-15-42(38-68)31-61(55)75(60(54)30-41)52-22-18-45(19-23-52)58-35-51(49-12-7-13-50(34-49)66-73-64(47-8-3-1-4-9-47)72-65(74-66)48-10-5-2-6-11-48)36-59(71-58)46-20-24-53(25-21-46)76-62-32-43(39-69)16-28-56(62)57-29-17-44(40-70)33-63(57)76/h1-36H. The van der Waals surface area contributed by atoms with E-state index in [4.69, 9.17) is 19.9 Å². The number of nitriles is 4. The Morgan fingerprint density at radius 3 is 0.974 bits per heavy atom. The largest absolute Gasteiger partial charge is 0.309 e. The van der Waals surface area contributed by atoms with Crippen molar-refractivity contribution in [3.8, 4) is 103 Å². The summed E-state index contributed by atoms with van der Waals surface area (Å²) in [7, 11) is 0. The Morgan fingerprint density at radius 1 is 0.263 bits per heavy atom. The summed E-state index contributed by atoms with van der Waals surface area (Å²) in [6.45, 7) is 0. The molecule has 4 heterocycles. The monoisotopic (exact) mass is 968 g/mol. The van der Waals surface area contributed by atoms with Crippen LogP contribution >= 0.6 is 0 Å². The van der Waals surface area contributed by atoms with Crippen LogP contribution in [0.2, 0.25) is 0 Å². The molecule has 9 aromatic carbocycles. The second-order valence-electron chi connectivity index (χ2n) is 18.4. The van der Waals surface area contributed by atoms with Crippen molar-refractivity contribution in [2.45, 2.75) is 0 Å². The van der Waals surface area contributed by atoms with Gasteiger partial charge in [-0.15, -0.1) is 0 Å². The predicted molar refractivity (Wildman–Crippen MR) is 298 cm³/mol. The minimum absolute atomic E-state index is 0.540. The Morgan fingerprint density at radius 2 is 0.605 bits per heavy atom. The van der Waals surface area contributed by atoms with Gasteiger partial charge in [0.2, 0.25) is 0 Å². The van der Waals surface area contributed by atoms with Gasteiger partial charge in [-0.05, 0) is 102 Å². The first kappa shape index (κ1) is 44.6. The molecule has 0 radical (unpaired) electrons. The minimum Gasteiger partial charge on any atom is -0.309 e. The third-order valence-electron chi connectivity index (χ3n) is 13.9. The molecule has 0 spiro atoms. The van der Waals surface area contributed by atoms with Crippen LogP contribution in [-0.2, 0) is 0 Å². The van der Waals surface area contributed by atoms with E-state index < -0.39 is 0 Å². The van der Waals surface area contributed by atoms with Gasteiger partial charge in [-0.2, -0.15) is 21.0 Å². The van der Waals surface area contributed by atoms with Gasteiger partial charge in [-0.25, -0.2) is 19.9 Å². The van der Waals surface area contributed by atoms with E-state index in [9.17, 15) is 21.0 Å². The summed E-state index contributed by atoms with van der Waals surface area (Å²) in [6.07, 6.45) is 0. The molecule has 10 nitrogen and oxygen atoms in total. The Labute approximate surface area is 435 Å². The molecule has 0 aliphatic heterocycles. The quantitative estimate of drug-likeness (QED) is 0.146. The highest BCUT2D eigenvalue weighted by atomic mass is 15.0. The molecule has 0 saturated heterocycles. The van der Waals surface area contributed by atoms with Gasteiger partial charge in [0.1, 0.15) is 0 Å². The molecule has 0 saturated carbocycles. The summed E-state index contributed by atoms with van der Waals surface area (Å²) in [4.78, 5) is 20.3. The fourth-order valence-electron chi connectivity index (χ4n) is 10.2. The summed E-state index contributed by atoms with van der Waals surface area (Å²) < 4.78 is 4.21. The van der Waals surface area contributed by atoms with Gasteiger partial charge in [0.05, 0.1) is 80.0 Å². The zero-order chi connectivity index (χ0) is 51.3. The highest BCUT2D eigenvalue weighted by Crippen LogP contribution is 2.38. The Balaban J connectivity index is 0.958. The van der Waals surface area contributed by atoms with Gasteiger partial charge in [0.25, 0.3) is 0 Å². The average molecular weight is 969 g/mol. The molecule has 10 heteroatoms. The van der Waals surface area contributed by atoms with Crippen LogP contribution in [-0.4, -0.2) is 29.1 Å². The number of fused-ring (bicyclic) bond motifs is 6. The van der Waals surface area contributed by atoms with Crippen molar-refractivity contribution in [1.29, 1.82) is 21.0 Å². The molecule has 0 atom stereocenters. The van der Waals surface area contributed by atoms with E-state index in [2.05, 4.69) is 81.9 Å². The normalized spacial score (nSPS) is 11.1. The highest BCUT2D eigenvalue weighted by molar-refractivity contribution is 6.11. The summed E-state index contributed by atoms with van der Waals surface area (Å²) in [5, 5.41) is 43.5. The van der Waals surface area contributed by atoms with E-state index in [0.29, 0.717) is 39.7 Å². The first-order valence-corrected chi connectivity index (χ1v) is 24.4. The lowest BCUT2D eigenvalue weighted by molar-refractivity contribution is 1.07. The van der Waals surface area contributed by atoms with Crippen LogP contribution in [0, 0.1) is 45.3 Å². The van der Waals surface area contributed by atoms with Gasteiger partial charge in [0, 0.05) is 60.7 Å². The maximum Gasteiger partial charge on any atom is 0.164 e. The van der Waals surface area contributed by atoms with E-state index in [1.54, 1.807) is 0 Å². The Kier molecular flexibility index (Phi) is 10.8. The Bertz CT molecular complexity index is 4250. The van der Waals surface area contributed by atoms with Crippen molar-refractivity contribution in [3.05, 3.63) is 241 Å². The van der Waals surface area contributed by atoms with Gasteiger partial charge >= 0.3 is 0 Å². The van der Waals surface area contributed by atoms with E-state index in [1.807, 2.05) is 170 Å². The molecular weight excluding hydrogens is 933 g/mol. The molecule has 0 N–H and O–H groups in total. The van der Waals surface area contributed by atoms with Crippen LogP contribution in [0.25, 0.3) is 123 Å². The fraction of sp³-hybridized carbons (Fsp3) is 0. The smallest absolute Gasteiger partial charge is 0.164 e. The maximum atomic E-state index is 9.90. The zero-order valence-electron chi connectivity index (χ0n) is 40.3.